The van der Waals surface area contributed by atoms with Crippen molar-refractivity contribution in [3.63, 3.8) is 0 Å². The summed E-state index contributed by atoms with van der Waals surface area (Å²) in [5, 5.41) is 1.00. The van der Waals surface area contributed by atoms with Gasteiger partial charge in [0.05, 0.1) is 5.02 Å². The van der Waals surface area contributed by atoms with Crippen LogP contribution in [-0.2, 0) is 0 Å². The first-order valence-corrected chi connectivity index (χ1v) is 5.39. The highest BCUT2D eigenvalue weighted by atomic mass is 35.5. The van der Waals surface area contributed by atoms with Gasteiger partial charge in [0, 0.05) is 17.0 Å². The van der Waals surface area contributed by atoms with E-state index in [1.54, 1.807) is 18.2 Å². The molecule has 0 spiro atoms. The maximum absolute atomic E-state index is 11.6. The molecule has 0 amide bonds. The lowest BCUT2D eigenvalue weighted by Crippen LogP contribution is -1.99. The van der Waals surface area contributed by atoms with Crippen LogP contribution >= 0.6 is 23.2 Å². The first-order chi connectivity index (χ1) is 6.65. The van der Waals surface area contributed by atoms with Gasteiger partial charge in [-0.15, -0.1) is 0 Å². The third-order valence-corrected chi connectivity index (χ3v) is 2.54. The molecule has 0 aliphatic carbocycles. The highest BCUT2D eigenvalue weighted by molar-refractivity contribution is 6.36. The zero-order valence-electron chi connectivity index (χ0n) is 8.02. The molecule has 0 heterocycles. The molecule has 0 saturated heterocycles. The Hall–Kier alpha value is -0.530. The quantitative estimate of drug-likeness (QED) is 0.703. The van der Waals surface area contributed by atoms with Crippen molar-refractivity contribution in [1.82, 2.24) is 0 Å². The SMILES string of the molecule is CCCCC(=O)c1ccc(Cl)cc1Cl. The van der Waals surface area contributed by atoms with Crippen LogP contribution in [-0.4, -0.2) is 5.78 Å². The minimum atomic E-state index is 0.0912. The Morgan fingerprint density at radius 2 is 2.07 bits per heavy atom. The van der Waals surface area contributed by atoms with E-state index in [4.69, 9.17) is 23.2 Å². The lowest BCUT2D eigenvalue weighted by atomic mass is 10.1. The van der Waals surface area contributed by atoms with Crippen molar-refractivity contribution in [2.75, 3.05) is 0 Å². The van der Waals surface area contributed by atoms with Gasteiger partial charge in [-0.25, -0.2) is 0 Å². The molecule has 0 fully saturated rings. The molecule has 0 atom stereocenters. The predicted octanol–water partition coefficient (Wildman–Crippen LogP) is 4.37. The maximum Gasteiger partial charge on any atom is 0.164 e. The number of ketones is 1. The Balaban J connectivity index is 2.80. The van der Waals surface area contributed by atoms with Crippen LogP contribution in [0.25, 0.3) is 0 Å². The van der Waals surface area contributed by atoms with Gasteiger partial charge in [-0.1, -0.05) is 36.5 Å². The number of carbonyl (C=O) groups excluding carboxylic acids is 1. The van der Waals surface area contributed by atoms with E-state index >= 15 is 0 Å². The molecule has 0 aromatic heterocycles. The van der Waals surface area contributed by atoms with E-state index < -0.39 is 0 Å². The zero-order valence-corrected chi connectivity index (χ0v) is 9.53. The number of unbranched alkanes of at least 4 members (excludes halogenated alkanes) is 1. The molecule has 3 heteroatoms. The Bertz CT molecular complexity index is 334. The van der Waals surface area contributed by atoms with Crippen molar-refractivity contribution in [1.29, 1.82) is 0 Å². The number of hydrogen-bond donors (Lipinski definition) is 0. The van der Waals surface area contributed by atoms with Crippen LogP contribution < -0.4 is 0 Å². The molecule has 14 heavy (non-hydrogen) atoms. The van der Waals surface area contributed by atoms with Crippen molar-refractivity contribution in [3.8, 4) is 0 Å². The van der Waals surface area contributed by atoms with Crippen LogP contribution in [0.2, 0.25) is 10.0 Å². The molecule has 76 valence electrons. The molecule has 0 aliphatic rings. The molecule has 1 aromatic rings. The first kappa shape index (κ1) is 11.5. The van der Waals surface area contributed by atoms with Crippen LogP contribution in [0.4, 0.5) is 0 Å². The van der Waals surface area contributed by atoms with Gasteiger partial charge >= 0.3 is 0 Å². The fourth-order valence-corrected chi connectivity index (χ4v) is 1.70. The number of hydrogen-bond acceptors (Lipinski definition) is 1. The molecule has 0 N–H and O–H groups in total. The van der Waals surface area contributed by atoms with Gasteiger partial charge in [-0.2, -0.15) is 0 Å². The Labute approximate surface area is 94.0 Å². The fourth-order valence-electron chi connectivity index (χ4n) is 1.19. The van der Waals surface area contributed by atoms with Crippen LogP contribution in [0.3, 0.4) is 0 Å². The van der Waals surface area contributed by atoms with E-state index in [1.165, 1.54) is 0 Å². The van der Waals surface area contributed by atoms with Crippen LogP contribution in [0.15, 0.2) is 18.2 Å². The summed E-state index contributed by atoms with van der Waals surface area (Å²) in [4.78, 5) is 11.6. The monoisotopic (exact) mass is 230 g/mol. The van der Waals surface area contributed by atoms with E-state index in [0.29, 0.717) is 22.0 Å². The number of halogens is 2. The molecule has 1 rings (SSSR count). The van der Waals surface area contributed by atoms with Gasteiger partial charge in [0.1, 0.15) is 0 Å². The molecule has 1 nitrogen and oxygen atoms in total. The highest BCUT2D eigenvalue weighted by Crippen LogP contribution is 2.22. The minimum absolute atomic E-state index is 0.0912. The molecule has 0 bridgehead atoms. The van der Waals surface area contributed by atoms with E-state index in [9.17, 15) is 4.79 Å². The van der Waals surface area contributed by atoms with Gasteiger partial charge in [0.25, 0.3) is 0 Å². The van der Waals surface area contributed by atoms with E-state index in [1.807, 2.05) is 0 Å². The highest BCUT2D eigenvalue weighted by Gasteiger charge is 2.09. The number of rotatable bonds is 4. The molecular formula is C11H12Cl2O. The lowest BCUT2D eigenvalue weighted by Gasteiger charge is -2.02. The summed E-state index contributed by atoms with van der Waals surface area (Å²) in [6.07, 6.45) is 2.46. The third kappa shape index (κ3) is 3.00. The Kier molecular flexibility index (Phi) is 4.43. The summed E-state index contributed by atoms with van der Waals surface area (Å²) in [6.45, 7) is 2.05. The molecular weight excluding hydrogens is 219 g/mol. The smallest absolute Gasteiger partial charge is 0.164 e. The second-order valence-corrected chi connectivity index (χ2v) is 3.99. The predicted molar refractivity (Wildman–Crippen MR) is 60.3 cm³/mol. The summed E-state index contributed by atoms with van der Waals surface area (Å²) < 4.78 is 0. The molecule has 0 unspecified atom stereocenters. The number of carbonyl (C=O) groups is 1. The lowest BCUT2D eigenvalue weighted by molar-refractivity contribution is 0.0980. The Morgan fingerprint density at radius 3 is 2.64 bits per heavy atom. The maximum atomic E-state index is 11.6. The summed E-state index contributed by atoms with van der Waals surface area (Å²) in [6, 6.07) is 4.97. The average molecular weight is 231 g/mol. The van der Waals surface area contributed by atoms with Crippen molar-refractivity contribution < 1.29 is 4.79 Å². The van der Waals surface area contributed by atoms with Gasteiger partial charge in [-0.3, -0.25) is 4.79 Å². The van der Waals surface area contributed by atoms with Crippen LogP contribution in [0.1, 0.15) is 36.5 Å². The third-order valence-electron chi connectivity index (χ3n) is 1.99. The molecule has 0 aliphatic heterocycles. The summed E-state index contributed by atoms with van der Waals surface area (Å²) in [5.41, 5.74) is 0.574. The average Bonchev–Trinajstić information content (AvgIpc) is 2.14. The number of benzene rings is 1. The van der Waals surface area contributed by atoms with Crippen LogP contribution in [0.5, 0.6) is 0 Å². The standard InChI is InChI=1S/C11H12Cl2O/c1-2-3-4-11(14)9-6-5-8(12)7-10(9)13/h5-7H,2-4H2,1H3. The van der Waals surface area contributed by atoms with E-state index in [0.717, 1.165) is 12.8 Å². The van der Waals surface area contributed by atoms with Crippen molar-refractivity contribution in [2.45, 2.75) is 26.2 Å². The van der Waals surface area contributed by atoms with Gasteiger partial charge in [0.2, 0.25) is 0 Å². The van der Waals surface area contributed by atoms with Crippen molar-refractivity contribution in [3.05, 3.63) is 33.8 Å². The van der Waals surface area contributed by atoms with E-state index in [-0.39, 0.29) is 5.78 Å². The topological polar surface area (TPSA) is 17.1 Å². The van der Waals surface area contributed by atoms with Gasteiger partial charge in [-0.05, 0) is 24.6 Å². The van der Waals surface area contributed by atoms with Gasteiger partial charge in [0.15, 0.2) is 5.78 Å². The van der Waals surface area contributed by atoms with Crippen molar-refractivity contribution >= 4 is 29.0 Å². The summed E-state index contributed by atoms with van der Waals surface area (Å²) >= 11 is 11.6. The summed E-state index contributed by atoms with van der Waals surface area (Å²) in [5.74, 6) is 0.0912. The van der Waals surface area contributed by atoms with E-state index in [2.05, 4.69) is 6.92 Å². The zero-order chi connectivity index (χ0) is 10.6. The summed E-state index contributed by atoms with van der Waals surface area (Å²) in [7, 11) is 0. The second-order valence-electron chi connectivity index (χ2n) is 3.15. The Morgan fingerprint density at radius 1 is 1.36 bits per heavy atom. The van der Waals surface area contributed by atoms with Crippen molar-refractivity contribution in [2.24, 2.45) is 0 Å². The molecule has 0 saturated carbocycles. The van der Waals surface area contributed by atoms with Crippen LogP contribution in [0, 0.1) is 0 Å². The normalized spacial score (nSPS) is 10.2. The largest absolute Gasteiger partial charge is 0.294 e. The first-order valence-electron chi connectivity index (χ1n) is 4.63. The molecule has 0 radical (unpaired) electrons. The fraction of sp³-hybridized carbons (Fsp3) is 0.364. The number of Topliss-reactive ketones (excluding diaryl/α,β-unsaturated/α-hetero) is 1. The molecule has 1 aromatic carbocycles. The second kappa shape index (κ2) is 5.38. The minimum Gasteiger partial charge on any atom is -0.294 e. The van der Waals surface area contributed by atoms with Gasteiger partial charge < -0.3 is 0 Å².